The summed E-state index contributed by atoms with van der Waals surface area (Å²) >= 11 is 18.4. The molecular weight excluding hydrogens is 395 g/mol. The van der Waals surface area contributed by atoms with Gasteiger partial charge in [-0.05, 0) is 43.7 Å². The first-order valence-electron chi connectivity index (χ1n) is 7.85. The standard InChI is InChI=1S/C19H15Cl3N2O2/c1-10(12-6-8-13(20)9-7-12)23-19(25)16-11(2)26-24-18(16)17-14(21)4-3-5-15(17)22/h3-10H,1-2H3,(H,23,25). The smallest absolute Gasteiger partial charge is 0.257 e. The molecule has 1 aromatic heterocycles. The molecule has 3 aromatic rings. The van der Waals surface area contributed by atoms with Crippen LogP contribution in [0.4, 0.5) is 0 Å². The van der Waals surface area contributed by atoms with Crippen molar-refractivity contribution >= 4 is 40.7 Å². The molecular formula is C19H15Cl3N2O2. The Morgan fingerprint density at radius 3 is 2.31 bits per heavy atom. The van der Waals surface area contributed by atoms with Crippen LogP contribution in [0.5, 0.6) is 0 Å². The van der Waals surface area contributed by atoms with Crippen molar-refractivity contribution in [3.63, 3.8) is 0 Å². The molecule has 1 heterocycles. The van der Waals surface area contributed by atoms with E-state index in [0.717, 1.165) is 5.56 Å². The predicted octanol–water partition coefficient (Wildman–Crippen LogP) is 6.10. The van der Waals surface area contributed by atoms with Gasteiger partial charge in [-0.3, -0.25) is 4.79 Å². The van der Waals surface area contributed by atoms with Crippen LogP contribution in [0.2, 0.25) is 15.1 Å². The molecule has 134 valence electrons. The third kappa shape index (κ3) is 3.73. The van der Waals surface area contributed by atoms with Gasteiger partial charge in [-0.25, -0.2) is 0 Å². The molecule has 1 amide bonds. The molecule has 0 saturated heterocycles. The van der Waals surface area contributed by atoms with Gasteiger partial charge in [0.1, 0.15) is 17.0 Å². The maximum absolute atomic E-state index is 12.9. The van der Waals surface area contributed by atoms with Crippen LogP contribution in [0, 0.1) is 6.92 Å². The first-order valence-corrected chi connectivity index (χ1v) is 8.99. The molecule has 7 heteroatoms. The zero-order valence-corrected chi connectivity index (χ0v) is 16.3. The lowest BCUT2D eigenvalue weighted by molar-refractivity contribution is 0.0939. The minimum absolute atomic E-state index is 0.233. The Labute approximate surface area is 166 Å². The van der Waals surface area contributed by atoms with Gasteiger partial charge in [-0.15, -0.1) is 0 Å². The van der Waals surface area contributed by atoms with Gasteiger partial charge >= 0.3 is 0 Å². The summed E-state index contributed by atoms with van der Waals surface area (Å²) in [6, 6.07) is 12.1. The van der Waals surface area contributed by atoms with Crippen LogP contribution in [0.25, 0.3) is 11.3 Å². The van der Waals surface area contributed by atoms with E-state index in [1.165, 1.54) is 0 Å². The van der Waals surface area contributed by atoms with Crippen LogP contribution in [-0.2, 0) is 0 Å². The van der Waals surface area contributed by atoms with Crippen LogP contribution in [0.3, 0.4) is 0 Å². The van der Waals surface area contributed by atoms with Crippen LogP contribution >= 0.6 is 34.8 Å². The summed E-state index contributed by atoms with van der Waals surface area (Å²) in [7, 11) is 0. The lowest BCUT2D eigenvalue weighted by Crippen LogP contribution is -2.27. The van der Waals surface area contributed by atoms with Crippen molar-refractivity contribution in [3.05, 3.63) is 74.4 Å². The third-order valence-electron chi connectivity index (χ3n) is 4.01. The van der Waals surface area contributed by atoms with E-state index >= 15 is 0 Å². The lowest BCUT2D eigenvalue weighted by atomic mass is 10.0. The lowest BCUT2D eigenvalue weighted by Gasteiger charge is -2.15. The zero-order valence-electron chi connectivity index (χ0n) is 14.0. The molecule has 3 rings (SSSR count). The molecule has 2 aromatic carbocycles. The predicted molar refractivity (Wildman–Crippen MR) is 104 cm³/mol. The van der Waals surface area contributed by atoms with Gasteiger partial charge in [-0.2, -0.15) is 0 Å². The largest absolute Gasteiger partial charge is 0.360 e. The van der Waals surface area contributed by atoms with Gasteiger partial charge in [0.2, 0.25) is 0 Å². The van der Waals surface area contributed by atoms with E-state index in [4.69, 9.17) is 39.3 Å². The summed E-state index contributed by atoms with van der Waals surface area (Å²) in [4.78, 5) is 12.9. The highest BCUT2D eigenvalue weighted by molar-refractivity contribution is 6.39. The number of amides is 1. The molecule has 0 radical (unpaired) electrons. The summed E-state index contributed by atoms with van der Waals surface area (Å²) < 4.78 is 5.24. The van der Waals surface area contributed by atoms with Crippen molar-refractivity contribution in [2.24, 2.45) is 0 Å². The highest BCUT2D eigenvalue weighted by atomic mass is 35.5. The van der Waals surface area contributed by atoms with Gasteiger partial charge in [0.15, 0.2) is 0 Å². The van der Waals surface area contributed by atoms with Crippen molar-refractivity contribution in [2.75, 3.05) is 0 Å². The third-order valence-corrected chi connectivity index (χ3v) is 4.89. The van der Waals surface area contributed by atoms with Crippen LogP contribution < -0.4 is 5.32 Å². The quantitative estimate of drug-likeness (QED) is 0.566. The van der Waals surface area contributed by atoms with Gasteiger partial charge < -0.3 is 9.84 Å². The minimum atomic E-state index is -0.322. The van der Waals surface area contributed by atoms with Gasteiger partial charge in [-0.1, -0.05) is 58.2 Å². The van der Waals surface area contributed by atoms with E-state index < -0.39 is 0 Å². The number of carbonyl (C=O) groups excluding carboxylic acids is 1. The normalized spacial score (nSPS) is 12.0. The van der Waals surface area contributed by atoms with E-state index in [0.29, 0.717) is 37.6 Å². The number of benzene rings is 2. The Hall–Kier alpha value is -2.01. The van der Waals surface area contributed by atoms with Gasteiger partial charge in [0.25, 0.3) is 5.91 Å². The molecule has 0 aliphatic carbocycles. The molecule has 1 atom stereocenters. The summed E-state index contributed by atoms with van der Waals surface area (Å²) in [5, 5.41) is 8.36. The number of nitrogens with one attached hydrogen (secondary N) is 1. The topological polar surface area (TPSA) is 55.1 Å². The number of aryl methyl sites for hydroxylation is 1. The van der Waals surface area contributed by atoms with Crippen molar-refractivity contribution in [1.29, 1.82) is 0 Å². The highest BCUT2D eigenvalue weighted by Gasteiger charge is 2.25. The fraction of sp³-hybridized carbons (Fsp3) is 0.158. The van der Waals surface area contributed by atoms with Crippen molar-refractivity contribution in [3.8, 4) is 11.3 Å². The maximum atomic E-state index is 12.9. The monoisotopic (exact) mass is 408 g/mol. The van der Waals surface area contributed by atoms with E-state index in [9.17, 15) is 4.79 Å². The van der Waals surface area contributed by atoms with Crippen molar-refractivity contribution < 1.29 is 9.32 Å². The average Bonchev–Trinajstić information content (AvgIpc) is 2.96. The molecule has 26 heavy (non-hydrogen) atoms. The second-order valence-electron chi connectivity index (χ2n) is 5.81. The first kappa shape index (κ1) is 18.8. The van der Waals surface area contributed by atoms with E-state index in [2.05, 4.69) is 10.5 Å². The number of rotatable bonds is 4. The van der Waals surface area contributed by atoms with Crippen LogP contribution in [-0.4, -0.2) is 11.1 Å². The van der Waals surface area contributed by atoms with E-state index in [1.54, 1.807) is 37.3 Å². The molecule has 1 unspecified atom stereocenters. The maximum Gasteiger partial charge on any atom is 0.257 e. The number of hydrogen-bond acceptors (Lipinski definition) is 3. The molecule has 0 spiro atoms. The fourth-order valence-electron chi connectivity index (χ4n) is 2.64. The molecule has 0 bridgehead atoms. The molecule has 1 N–H and O–H groups in total. The summed E-state index contributed by atoms with van der Waals surface area (Å²) in [5.41, 5.74) is 2.02. The Morgan fingerprint density at radius 2 is 1.69 bits per heavy atom. The summed E-state index contributed by atoms with van der Waals surface area (Å²) in [5.74, 6) is 0.0639. The number of hydrogen-bond donors (Lipinski definition) is 1. The van der Waals surface area contributed by atoms with Crippen LogP contribution in [0.15, 0.2) is 47.0 Å². The van der Waals surface area contributed by atoms with Gasteiger partial charge in [0.05, 0.1) is 16.1 Å². The second kappa shape index (κ2) is 7.70. The van der Waals surface area contributed by atoms with Crippen molar-refractivity contribution in [1.82, 2.24) is 10.5 Å². The fourth-order valence-corrected chi connectivity index (χ4v) is 3.34. The second-order valence-corrected chi connectivity index (χ2v) is 7.06. The van der Waals surface area contributed by atoms with E-state index in [-0.39, 0.29) is 11.9 Å². The Morgan fingerprint density at radius 1 is 1.08 bits per heavy atom. The SMILES string of the molecule is Cc1onc(-c2c(Cl)cccc2Cl)c1C(=O)NC(C)c1ccc(Cl)cc1. The Kier molecular flexibility index (Phi) is 5.56. The van der Waals surface area contributed by atoms with Gasteiger partial charge in [0, 0.05) is 10.6 Å². The Bertz CT molecular complexity index is 932. The zero-order chi connectivity index (χ0) is 18.8. The average molecular weight is 410 g/mol. The summed E-state index contributed by atoms with van der Waals surface area (Å²) in [6.07, 6.45) is 0. The number of halogens is 3. The minimum Gasteiger partial charge on any atom is -0.360 e. The molecule has 0 aliphatic rings. The first-order chi connectivity index (χ1) is 12.4. The molecule has 0 saturated carbocycles. The van der Waals surface area contributed by atoms with E-state index in [1.807, 2.05) is 19.1 Å². The molecule has 0 fully saturated rings. The number of nitrogens with zero attached hydrogens (tertiary/aromatic N) is 1. The van der Waals surface area contributed by atoms with Crippen molar-refractivity contribution in [2.45, 2.75) is 19.9 Å². The molecule has 4 nitrogen and oxygen atoms in total. The Balaban J connectivity index is 1.93. The summed E-state index contributed by atoms with van der Waals surface area (Å²) in [6.45, 7) is 3.55. The molecule has 0 aliphatic heterocycles. The highest BCUT2D eigenvalue weighted by Crippen LogP contribution is 2.36. The van der Waals surface area contributed by atoms with Crippen LogP contribution in [0.1, 0.15) is 34.6 Å². The number of carbonyl (C=O) groups is 1. The number of aromatic nitrogens is 1.